The monoisotopic (exact) mass is 488 g/mol. The summed E-state index contributed by atoms with van der Waals surface area (Å²) in [6.45, 7) is 6.21. The van der Waals surface area contributed by atoms with Crippen LogP contribution in [-0.4, -0.2) is 63.6 Å². The van der Waals surface area contributed by atoms with Crippen molar-refractivity contribution in [3.63, 3.8) is 0 Å². The fraction of sp³-hybridized carbons (Fsp3) is 0.346. The molecule has 6 nitrogen and oxygen atoms in total. The van der Waals surface area contributed by atoms with E-state index >= 15 is 0 Å². The molecule has 174 valence electrons. The normalized spacial score (nSPS) is 18.7. The first kappa shape index (κ1) is 22.1. The van der Waals surface area contributed by atoms with Crippen molar-refractivity contribution in [1.29, 1.82) is 5.41 Å². The van der Waals surface area contributed by atoms with E-state index in [1.54, 1.807) is 23.9 Å². The second kappa shape index (κ2) is 9.70. The molecule has 4 heterocycles. The minimum absolute atomic E-state index is 0.589. The molecule has 0 amide bonds. The van der Waals surface area contributed by atoms with Gasteiger partial charge in [-0.3, -0.25) is 5.41 Å². The Bertz CT molecular complexity index is 1190. The Morgan fingerprint density at radius 1 is 0.647 bits per heavy atom. The highest BCUT2D eigenvalue weighted by molar-refractivity contribution is 7.97. The average molecular weight is 489 g/mol. The topological polar surface area (TPSA) is 59.4 Å². The number of pyridine rings is 2. The third-order valence-electron chi connectivity index (χ3n) is 6.71. The zero-order valence-corrected chi connectivity index (χ0v) is 20.7. The van der Waals surface area contributed by atoms with E-state index in [4.69, 9.17) is 15.4 Å². The predicted molar refractivity (Wildman–Crippen MR) is 141 cm³/mol. The van der Waals surface area contributed by atoms with Gasteiger partial charge in [-0.15, -0.1) is 0 Å². The van der Waals surface area contributed by atoms with Crippen molar-refractivity contribution in [2.75, 3.05) is 44.2 Å². The fourth-order valence-electron chi connectivity index (χ4n) is 4.86. The van der Waals surface area contributed by atoms with E-state index in [-0.39, 0.29) is 0 Å². The van der Waals surface area contributed by atoms with Crippen LogP contribution in [0.4, 0.5) is 5.69 Å². The van der Waals surface area contributed by atoms with Gasteiger partial charge in [0.25, 0.3) is 0 Å². The van der Waals surface area contributed by atoms with Crippen molar-refractivity contribution < 1.29 is 0 Å². The summed E-state index contributed by atoms with van der Waals surface area (Å²) in [4.78, 5) is 11.9. The summed E-state index contributed by atoms with van der Waals surface area (Å²) in [5.41, 5.74) is 5.89. The van der Waals surface area contributed by atoms with Gasteiger partial charge in [0.2, 0.25) is 0 Å². The Balaban J connectivity index is 1.13. The summed E-state index contributed by atoms with van der Waals surface area (Å²) >= 11 is 3.44. The van der Waals surface area contributed by atoms with Gasteiger partial charge >= 0.3 is 0 Å². The van der Waals surface area contributed by atoms with Gasteiger partial charge in [0.15, 0.2) is 0 Å². The summed E-state index contributed by atoms with van der Waals surface area (Å²) < 4.78 is 4.78. The Kier molecular flexibility index (Phi) is 6.30. The van der Waals surface area contributed by atoms with Crippen LogP contribution in [0, 0.1) is 5.41 Å². The number of rotatable bonds is 5. The van der Waals surface area contributed by atoms with Gasteiger partial charge in [0.1, 0.15) is 10.1 Å². The lowest BCUT2D eigenvalue weighted by molar-refractivity contribution is 0.380. The molecular formula is C26H28N6S2. The molecule has 34 heavy (non-hydrogen) atoms. The summed E-state index contributed by atoms with van der Waals surface area (Å²) in [6, 6.07) is 14.8. The minimum Gasteiger partial charge on any atom is -0.369 e. The van der Waals surface area contributed by atoms with Crippen LogP contribution in [0.3, 0.4) is 0 Å². The van der Waals surface area contributed by atoms with Crippen LogP contribution < -0.4 is 4.90 Å². The predicted octanol–water partition coefficient (Wildman–Crippen LogP) is 5.20. The van der Waals surface area contributed by atoms with Crippen molar-refractivity contribution in [1.82, 2.24) is 18.6 Å². The van der Waals surface area contributed by atoms with Crippen molar-refractivity contribution in [2.24, 2.45) is 0 Å². The molecule has 0 atom stereocenters. The van der Waals surface area contributed by atoms with Gasteiger partial charge in [-0.05, 0) is 61.0 Å². The van der Waals surface area contributed by atoms with Crippen LogP contribution in [0.25, 0.3) is 11.1 Å². The first-order valence-electron chi connectivity index (χ1n) is 12.0. The number of anilines is 1. The summed E-state index contributed by atoms with van der Waals surface area (Å²) in [6.07, 6.45) is 7.70. The van der Waals surface area contributed by atoms with Crippen molar-refractivity contribution in [3.05, 3.63) is 66.0 Å². The number of hydrogen-bond acceptors (Lipinski definition) is 8. The summed E-state index contributed by atoms with van der Waals surface area (Å²) in [7, 11) is 0. The maximum atomic E-state index is 8.86. The average Bonchev–Trinajstić information content (AvgIpc) is 3.16. The second-order valence-electron chi connectivity index (χ2n) is 8.94. The molecule has 0 bridgehead atoms. The highest BCUT2D eigenvalue weighted by Gasteiger charge is 2.27. The molecule has 1 aliphatic carbocycles. The molecule has 2 saturated heterocycles. The smallest absolute Gasteiger partial charge is 0.112 e. The maximum absolute atomic E-state index is 8.86. The van der Waals surface area contributed by atoms with Gasteiger partial charge in [-0.2, -0.15) is 0 Å². The number of para-hydroxylation sites is 1. The molecule has 6 rings (SSSR count). The third kappa shape index (κ3) is 4.47. The SMILES string of the molecule is N=C1c2cc(SN3CCCCC3)ncc2-c2cnc(SN3CCN(c4ccccc4)CC3)cc21. The van der Waals surface area contributed by atoms with E-state index in [2.05, 4.69) is 56.0 Å². The van der Waals surface area contributed by atoms with Crippen LogP contribution in [0.1, 0.15) is 30.4 Å². The quantitative estimate of drug-likeness (QED) is 0.388. The molecule has 0 radical (unpaired) electrons. The third-order valence-corrected chi connectivity index (χ3v) is 8.77. The Morgan fingerprint density at radius 3 is 1.79 bits per heavy atom. The number of piperazine rings is 1. The largest absolute Gasteiger partial charge is 0.369 e. The zero-order chi connectivity index (χ0) is 22.9. The van der Waals surface area contributed by atoms with Gasteiger partial charge < -0.3 is 4.90 Å². The van der Waals surface area contributed by atoms with Gasteiger partial charge in [-0.1, -0.05) is 24.6 Å². The molecule has 1 N–H and O–H groups in total. The molecule has 3 aromatic rings. The number of nitrogens with zero attached hydrogens (tertiary/aromatic N) is 5. The Morgan fingerprint density at radius 2 is 1.21 bits per heavy atom. The fourth-order valence-corrected chi connectivity index (χ4v) is 6.71. The summed E-state index contributed by atoms with van der Waals surface area (Å²) in [5, 5.41) is 10.8. The number of benzene rings is 1. The lowest BCUT2D eigenvalue weighted by Gasteiger charge is -2.35. The molecular weight excluding hydrogens is 460 g/mol. The molecule has 2 fully saturated rings. The highest BCUT2D eigenvalue weighted by Crippen LogP contribution is 2.39. The molecule has 0 unspecified atom stereocenters. The van der Waals surface area contributed by atoms with Crippen molar-refractivity contribution in [3.8, 4) is 11.1 Å². The van der Waals surface area contributed by atoms with E-state index in [1.165, 1.54) is 24.9 Å². The molecule has 0 spiro atoms. The van der Waals surface area contributed by atoms with Gasteiger partial charge in [0, 0.05) is 79.6 Å². The van der Waals surface area contributed by atoms with E-state index < -0.39 is 0 Å². The number of piperidine rings is 1. The van der Waals surface area contributed by atoms with Gasteiger partial charge in [0.05, 0.1) is 5.71 Å². The van der Waals surface area contributed by atoms with Crippen LogP contribution in [0.2, 0.25) is 0 Å². The van der Waals surface area contributed by atoms with Crippen molar-refractivity contribution >= 4 is 35.3 Å². The first-order valence-corrected chi connectivity index (χ1v) is 13.5. The molecule has 2 aliphatic heterocycles. The minimum atomic E-state index is 0.589. The number of aromatic nitrogens is 2. The maximum Gasteiger partial charge on any atom is 0.112 e. The highest BCUT2D eigenvalue weighted by atomic mass is 32.2. The van der Waals surface area contributed by atoms with Crippen LogP contribution in [-0.2, 0) is 0 Å². The lowest BCUT2D eigenvalue weighted by Crippen LogP contribution is -2.43. The van der Waals surface area contributed by atoms with E-state index in [1.807, 2.05) is 12.4 Å². The van der Waals surface area contributed by atoms with Crippen LogP contribution in [0.5, 0.6) is 0 Å². The standard InChI is InChI=1S/C26H28N6S2/c27-26-20-15-24(33-31-9-5-2-6-10-31)28-17-22(20)23-18-29-25(16-21(23)26)34-32-13-11-30(12-14-32)19-7-3-1-4-8-19/h1,3-4,7-8,15-18,27H,2,5-6,9-14H2. The molecule has 2 aromatic heterocycles. The number of hydrogen-bond donors (Lipinski definition) is 1. The number of nitrogens with one attached hydrogen (secondary N) is 1. The molecule has 0 saturated carbocycles. The lowest BCUT2D eigenvalue weighted by atomic mass is 10.1. The van der Waals surface area contributed by atoms with Crippen LogP contribution >= 0.6 is 23.9 Å². The Hall–Kier alpha value is -2.39. The van der Waals surface area contributed by atoms with E-state index in [9.17, 15) is 0 Å². The zero-order valence-electron chi connectivity index (χ0n) is 19.1. The molecule has 8 heteroatoms. The van der Waals surface area contributed by atoms with Gasteiger partial charge in [-0.25, -0.2) is 18.6 Å². The molecule has 1 aromatic carbocycles. The van der Waals surface area contributed by atoms with E-state index in [0.29, 0.717) is 5.71 Å². The number of fused-ring (bicyclic) bond motifs is 3. The summed E-state index contributed by atoms with van der Waals surface area (Å²) in [5.74, 6) is 0. The Labute approximate surface area is 209 Å². The molecule has 3 aliphatic rings. The first-order chi connectivity index (χ1) is 16.7. The van der Waals surface area contributed by atoms with Crippen molar-refractivity contribution in [2.45, 2.75) is 29.3 Å². The second-order valence-corrected chi connectivity index (χ2v) is 11.2. The van der Waals surface area contributed by atoms with Crippen LogP contribution in [0.15, 0.2) is 64.9 Å². The van der Waals surface area contributed by atoms with E-state index in [0.717, 1.165) is 71.6 Å².